The third-order valence-electron chi connectivity index (χ3n) is 7.59. The van der Waals surface area contributed by atoms with Gasteiger partial charge in [0, 0.05) is 38.3 Å². The van der Waals surface area contributed by atoms with Crippen molar-refractivity contribution in [3.05, 3.63) is 88.9 Å². The number of amides is 1. The van der Waals surface area contributed by atoms with Gasteiger partial charge in [0.05, 0.1) is 23.0 Å². The van der Waals surface area contributed by atoms with Crippen molar-refractivity contribution >= 4 is 38.5 Å². The number of carbonyl (C=O) groups is 1. The van der Waals surface area contributed by atoms with Crippen molar-refractivity contribution in [2.45, 2.75) is 19.9 Å². The van der Waals surface area contributed by atoms with E-state index in [2.05, 4.69) is 16.5 Å². The largest absolute Gasteiger partial charge is 0.355 e. The zero-order chi connectivity index (χ0) is 31.2. The molecule has 1 atom stereocenters. The number of benzene rings is 2. The average molecular weight is 609 g/mol. The van der Waals surface area contributed by atoms with Gasteiger partial charge in [0.15, 0.2) is 5.65 Å². The molecule has 1 amide bonds. The number of hydrogen-bond donors (Lipinski definition) is 0. The van der Waals surface area contributed by atoms with Gasteiger partial charge in [-0.2, -0.15) is 4.98 Å². The summed E-state index contributed by atoms with van der Waals surface area (Å²) in [6, 6.07) is 11.3. The SMILES string of the molecule is C=CC(=O)N1CCN(c2nc(=O)n(-c3c(C)cccc3N(C)S(C)(=O)=O)c3nc(-c4ccccc4F)c(F)cc23)[C@@H](C)C1. The first-order valence-electron chi connectivity index (χ1n) is 13.4. The van der Waals surface area contributed by atoms with Gasteiger partial charge < -0.3 is 9.80 Å². The molecule has 5 rings (SSSR count). The Morgan fingerprint density at radius 3 is 2.47 bits per heavy atom. The molecule has 1 aliphatic heterocycles. The van der Waals surface area contributed by atoms with E-state index in [-0.39, 0.29) is 58.0 Å². The van der Waals surface area contributed by atoms with Crippen LogP contribution in [-0.4, -0.2) is 72.7 Å². The summed E-state index contributed by atoms with van der Waals surface area (Å²) in [4.78, 5) is 38.5. The number of anilines is 2. The summed E-state index contributed by atoms with van der Waals surface area (Å²) >= 11 is 0. The first-order chi connectivity index (χ1) is 20.3. The summed E-state index contributed by atoms with van der Waals surface area (Å²) in [5, 5.41) is 0.156. The molecule has 10 nitrogen and oxygen atoms in total. The second kappa shape index (κ2) is 11.2. The molecular formula is C30H30F2N6O4S. The van der Waals surface area contributed by atoms with E-state index in [0.717, 1.165) is 21.2 Å². The molecule has 4 aromatic rings. The number of rotatable bonds is 6. The van der Waals surface area contributed by atoms with Crippen molar-refractivity contribution < 1.29 is 22.0 Å². The van der Waals surface area contributed by atoms with Crippen molar-refractivity contribution in [1.29, 1.82) is 0 Å². The lowest BCUT2D eigenvalue weighted by Crippen LogP contribution is -2.54. The van der Waals surface area contributed by atoms with E-state index in [1.165, 1.54) is 37.4 Å². The molecular weight excluding hydrogens is 578 g/mol. The zero-order valence-electron chi connectivity index (χ0n) is 24.1. The Bertz CT molecular complexity index is 1950. The van der Waals surface area contributed by atoms with E-state index in [1.54, 1.807) is 34.9 Å². The minimum absolute atomic E-state index is 0.0381. The molecule has 2 aromatic carbocycles. The number of halogens is 2. The van der Waals surface area contributed by atoms with Crippen LogP contribution in [0, 0.1) is 18.6 Å². The second-order valence-electron chi connectivity index (χ2n) is 10.4. The topological polar surface area (TPSA) is 109 Å². The number of aryl methyl sites for hydroxylation is 1. The van der Waals surface area contributed by atoms with Gasteiger partial charge in [-0.05, 0) is 49.8 Å². The number of aromatic nitrogens is 3. The van der Waals surface area contributed by atoms with E-state index in [1.807, 2.05) is 6.92 Å². The first kappa shape index (κ1) is 29.8. The highest BCUT2D eigenvalue weighted by atomic mass is 32.2. The average Bonchev–Trinajstić information content (AvgIpc) is 2.96. The minimum atomic E-state index is -3.76. The van der Waals surface area contributed by atoms with Crippen LogP contribution < -0.4 is 14.9 Å². The van der Waals surface area contributed by atoms with Gasteiger partial charge in [-0.25, -0.2) is 31.5 Å². The molecule has 0 N–H and O–H groups in total. The Labute approximate surface area is 247 Å². The Balaban J connectivity index is 1.84. The molecule has 0 radical (unpaired) electrons. The summed E-state index contributed by atoms with van der Waals surface area (Å²) < 4.78 is 58.0. The summed E-state index contributed by atoms with van der Waals surface area (Å²) in [7, 11) is -2.41. The molecule has 13 heteroatoms. The third kappa shape index (κ3) is 5.36. The lowest BCUT2D eigenvalue weighted by molar-refractivity contribution is -0.126. The van der Waals surface area contributed by atoms with Crippen molar-refractivity contribution in [3.63, 3.8) is 0 Å². The highest BCUT2D eigenvalue weighted by molar-refractivity contribution is 7.92. The number of nitrogens with zero attached hydrogens (tertiary/aromatic N) is 6. The number of carbonyl (C=O) groups excluding carboxylic acids is 1. The van der Waals surface area contributed by atoms with E-state index < -0.39 is 27.3 Å². The highest BCUT2D eigenvalue weighted by Gasteiger charge is 2.31. The van der Waals surface area contributed by atoms with Crippen molar-refractivity contribution in [2.75, 3.05) is 42.1 Å². The number of fused-ring (bicyclic) bond motifs is 1. The Hall–Kier alpha value is -4.65. The monoisotopic (exact) mass is 608 g/mol. The fourth-order valence-electron chi connectivity index (χ4n) is 5.34. The molecule has 2 aromatic heterocycles. The van der Waals surface area contributed by atoms with Crippen molar-refractivity contribution in [2.24, 2.45) is 0 Å². The molecule has 0 aliphatic carbocycles. The van der Waals surface area contributed by atoms with Gasteiger partial charge >= 0.3 is 5.69 Å². The second-order valence-corrected chi connectivity index (χ2v) is 12.4. The van der Waals surface area contributed by atoms with E-state index in [4.69, 9.17) is 0 Å². The molecule has 224 valence electrons. The summed E-state index contributed by atoms with van der Waals surface area (Å²) in [6.07, 6.45) is 2.26. The fourth-order valence-corrected chi connectivity index (χ4v) is 5.84. The summed E-state index contributed by atoms with van der Waals surface area (Å²) in [5.74, 6) is -1.63. The van der Waals surface area contributed by atoms with Gasteiger partial charge in [0.1, 0.15) is 23.1 Å². The lowest BCUT2D eigenvalue weighted by atomic mass is 10.1. The van der Waals surface area contributed by atoms with Gasteiger partial charge in [0.25, 0.3) is 0 Å². The maximum atomic E-state index is 15.8. The predicted molar refractivity (Wildman–Crippen MR) is 162 cm³/mol. The lowest BCUT2D eigenvalue weighted by Gasteiger charge is -2.40. The van der Waals surface area contributed by atoms with Crippen LogP contribution in [0.5, 0.6) is 0 Å². The smallest absolute Gasteiger partial charge is 0.350 e. The number of sulfonamides is 1. The molecule has 43 heavy (non-hydrogen) atoms. The first-order valence-corrected chi connectivity index (χ1v) is 15.3. The molecule has 0 saturated carbocycles. The fraction of sp³-hybridized carbons (Fsp3) is 0.267. The van der Waals surface area contributed by atoms with Crippen LogP contribution in [0.4, 0.5) is 20.3 Å². The highest BCUT2D eigenvalue weighted by Crippen LogP contribution is 2.35. The van der Waals surface area contributed by atoms with Gasteiger partial charge in [-0.15, -0.1) is 0 Å². The molecule has 0 unspecified atom stereocenters. The number of pyridine rings is 1. The van der Waals surface area contributed by atoms with Crippen molar-refractivity contribution in [3.8, 4) is 16.9 Å². The maximum Gasteiger partial charge on any atom is 0.355 e. The van der Waals surface area contributed by atoms with Crippen LogP contribution in [0.15, 0.2) is 66.0 Å². The van der Waals surface area contributed by atoms with Gasteiger partial charge in [-0.3, -0.25) is 9.10 Å². The number of para-hydroxylation sites is 1. The van der Waals surface area contributed by atoms with Crippen LogP contribution in [0.2, 0.25) is 0 Å². The summed E-state index contributed by atoms with van der Waals surface area (Å²) in [6.45, 7) is 7.99. The maximum absolute atomic E-state index is 15.8. The number of piperazine rings is 1. The van der Waals surface area contributed by atoms with Crippen LogP contribution >= 0.6 is 0 Å². The molecule has 0 spiro atoms. The van der Waals surface area contributed by atoms with Crippen LogP contribution in [0.1, 0.15) is 12.5 Å². The van der Waals surface area contributed by atoms with Crippen molar-refractivity contribution in [1.82, 2.24) is 19.4 Å². The Morgan fingerprint density at radius 1 is 1.09 bits per heavy atom. The van der Waals surface area contributed by atoms with Gasteiger partial charge in [-0.1, -0.05) is 30.8 Å². The quantitative estimate of drug-likeness (QED) is 0.308. The summed E-state index contributed by atoms with van der Waals surface area (Å²) in [5.41, 5.74) is -0.394. The van der Waals surface area contributed by atoms with Gasteiger partial charge in [0.2, 0.25) is 15.9 Å². The van der Waals surface area contributed by atoms with Crippen LogP contribution in [0.3, 0.4) is 0 Å². The zero-order valence-corrected chi connectivity index (χ0v) is 24.9. The molecule has 0 bridgehead atoms. The molecule has 1 aliphatic rings. The predicted octanol–water partition coefficient (Wildman–Crippen LogP) is 3.65. The molecule has 1 saturated heterocycles. The van der Waals surface area contributed by atoms with E-state index in [0.29, 0.717) is 18.7 Å². The van der Waals surface area contributed by atoms with Crippen LogP contribution in [0.25, 0.3) is 28.0 Å². The Kier molecular flexibility index (Phi) is 7.78. The molecule has 3 heterocycles. The minimum Gasteiger partial charge on any atom is -0.350 e. The Morgan fingerprint density at radius 2 is 1.81 bits per heavy atom. The normalized spacial score (nSPS) is 15.5. The van der Waals surface area contributed by atoms with E-state index in [9.17, 15) is 22.4 Å². The third-order valence-corrected chi connectivity index (χ3v) is 8.78. The van der Waals surface area contributed by atoms with E-state index >= 15 is 4.39 Å². The molecule has 1 fully saturated rings. The standard InChI is InChI=1S/C30H30F2N6O4S/c1-6-25(39)36-14-15-37(19(3)17-36)28-21-16-23(32)26(20-11-7-8-12-22(20)31)33-29(21)38(30(40)34-28)27-18(2)10-9-13-24(27)35(4)43(5,41)42/h6-13,16,19H,1,14-15,17H2,2-5H3/t19-/m0/s1. The van der Waals surface area contributed by atoms with Crippen LogP contribution in [-0.2, 0) is 14.8 Å². The number of hydrogen-bond acceptors (Lipinski definition) is 7.